The molecule has 0 heterocycles. The van der Waals surface area contributed by atoms with Gasteiger partial charge in [-0.2, -0.15) is 4.99 Å². The van der Waals surface area contributed by atoms with E-state index in [1.54, 1.807) is 24.9 Å². The number of esters is 1. The fourth-order valence-electron chi connectivity index (χ4n) is 1.95. The van der Waals surface area contributed by atoms with Crippen LogP contribution in [0.4, 0.5) is 0 Å². The van der Waals surface area contributed by atoms with Gasteiger partial charge in [-0.05, 0) is 18.1 Å². The first-order chi connectivity index (χ1) is 10.8. The summed E-state index contributed by atoms with van der Waals surface area (Å²) in [6, 6.07) is 0. The van der Waals surface area contributed by atoms with E-state index in [-0.39, 0.29) is 23.1 Å². The monoisotopic (exact) mass is 341 g/mol. The van der Waals surface area contributed by atoms with Gasteiger partial charge in [-0.15, -0.1) is 0 Å². The van der Waals surface area contributed by atoms with E-state index >= 15 is 0 Å². The number of ether oxygens (including phenoxy) is 1. The lowest BCUT2D eigenvalue weighted by Gasteiger charge is -2.16. The number of amides is 1. The van der Waals surface area contributed by atoms with Crippen molar-refractivity contribution < 1.29 is 18.8 Å². The van der Waals surface area contributed by atoms with Gasteiger partial charge in [0.25, 0.3) is 0 Å². The molecule has 0 aliphatic heterocycles. The Hall–Kier alpha value is -1.72. The molecule has 1 saturated carbocycles. The molecule has 23 heavy (non-hydrogen) atoms. The zero-order chi connectivity index (χ0) is 17.5. The van der Waals surface area contributed by atoms with Crippen molar-refractivity contribution in [3.8, 4) is 0 Å². The molecular formula is C15H24N3O4P. The van der Waals surface area contributed by atoms with Gasteiger partial charge in [0.15, 0.2) is 0 Å². The highest BCUT2D eigenvalue weighted by Gasteiger charge is 2.50. The molecule has 0 spiro atoms. The lowest BCUT2D eigenvalue weighted by Crippen LogP contribution is -2.22. The van der Waals surface area contributed by atoms with Gasteiger partial charge in [0.2, 0.25) is 6.41 Å². The molecule has 0 saturated heterocycles. The second-order valence-electron chi connectivity index (χ2n) is 5.83. The Morgan fingerprint density at radius 1 is 1.52 bits per heavy atom. The van der Waals surface area contributed by atoms with Gasteiger partial charge in [0.05, 0.1) is 17.9 Å². The summed E-state index contributed by atoms with van der Waals surface area (Å²) < 4.78 is 10.5. The van der Waals surface area contributed by atoms with Crippen molar-refractivity contribution >= 4 is 27.7 Å². The number of amidine groups is 1. The SMILES string of the molecule is CC(C)C(=O)OCC1(COP)C/C1=C/N(C)/C=C\C(N)=NC=O. The van der Waals surface area contributed by atoms with Crippen molar-refractivity contribution in [2.45, 2.75) is 20.3 Å². The fourth-order valence-corrected chi connectivity index (χ4v) is 2.27. The van der Waals surface area contributed by atoms with Crippen molar-refractivity contribution in [1.82, 2.24) is 4.90 Å². The first kappa shape index (κ1) is 19.3. The quantitative estimate of drug-likeness (QED) is 0.223. The number of rotatable bonds is 9. The maximum absolute atomic E-state index is 11.6. The highest BCUT2D eigenvalue weighted by Crippen LogP contribution is 2.53. The fraction of sp³-hybridized carbons (Fsp3) is 0.533. The molecule has 1 fully saturated rings. The maximum Gasteiger partial charge on any atom is 0.308 e. The van der Waals surface area contributed by atoms with Crippen LogP contribution in [0.1, 0.15) is 20.3 Å². The van der Waals surface area contributed by atoms with Crippen LogP contribution in [-0.2, 0) is 18.8 Å². The minimum atomic E-state index is -0.267. The molecule has 128 valence electrons. The molecule has 1 aliphatic rings. The molecular weight excluding hydrogens is 317 g/mol. The standard InChI is InChI=1S/C15H24N3O4P/c1-11(2)14(20)21-8-15(9-22-23)6-12(15)7-18(3)5-4-13(16)17-10-19/h4-5,7,10-11H,6,8-9,23H2,1-3H3,(H2,16,17,19)/b5-4-,12-7-. The topological polar surface area (TPSA) is 94.2 Å². The molecule has 7 nitrogen and oxygen atoms in total. The molecule has 0 aromatic carbocycles. The number of hydrogen-bond donors (Lipinski definition) is 1. The van der Waals surface area contributed by atoms with Crippen LogP contribution in [0.2, 0.25) is 0 Å². The van der Waals surface area contributed by atoms with E-state index in [4.69, 9.17) is 15.0 Å². The summed E-state index contributed by atoms with van der Waals surface area (Å²) in [4.78, 5) is 27.0. The third-order valence-electron chi connectivity index (χ3n) is 3.45. The molecule has 1 amide bonds. The molecule has 8 heteroatoms. The van der Waals surface area contributed by atoms with Crippen LogP contribution in [0.5, 0.6) is 0 Å². The Morgan fingerprint density at radius 3 is 2.78 bits per heavy atom. The minimum absolute atomic E-state index is 0.131. The lowest BCUT2D eigenvalue weighted by atomic mass is 10.1. The molecule has 0 aromatic rings. The first-order valence-electron chi connectivity index (χ1n) is 7.21. The van der Waals surface area contributed by atoms with E-state index < -0.39 is 0 Å². The zero-order valence-electron chi connectivity index (χ0n) is 13.7. The van der Waals surface area contributed by atoms with Crippen LogP contribution in [0.25, 0.3) is 0 Å². The summed E-state index contributed by atoms with van der Waals surface area (Å²) >= 11 is 0. The normalized spacial score (nSPS) is 22.7. The summed E-state index contributed by atoms with van der Waals surface area (Å²) in [7, 11) is 4.06. The summed E-state index contributed by atoms with van der Waals surface area (Å²) in [5.41, 5.74) is 6.35. The number of nitrogens with zero attached hydrogens (tertiary/aromatic N) is 2. The second-order valence-corrected chi connectivity index (χ2v) is 6.16. The number of aliphatic imine (C=N–C) groups is 1. The maximum atomic E-state index is 11.6. The number of carbonyl (C=O) groups excluding carboxylic acids is 2. The predicted octanol–water partition coefficient (Wildman–Crippen LogP) is 1.23. The summed E-state index contributed by atoms with van der Waals surface area (Å²) in [6.45, 7) is 4.36. The summed E-state index contributed by atoms with van der Waals surface area (Å²) in [6.07, 6.45) is 6.34. The largest absolute Gasteiger partial charge is 0.464 e. The van der Waals surface area contributed by atoms with Crippen molar-refractivity contribution in [3.63, 3.8) is 0 Å². The van der Waals surface area contributed by atoms with Crippen LogP contribution in [0.15, 0.2) is 29.0 Å². The third-order valence-corrected chi connectivity index (χ3v) is 3.62. The zero-order valence-corrected chi connectivity index (χ0v) is 14.8. The molecule has 1 rings (SSSR count). The number of hydrogen-bond acceptors (Lipinski definition) is 5. The molecule has 2 unspecified atom stereocenters. The van der Waals surface area contributed by atoms with Crippen LogP contribution >= 0.6 is 9.47 Å². The predicted molar refractivity (Wildman–Crippen MR) is 91.2 cm³/mol. The van der Waals surface area contributed by atoms with Gasteiger partial charge >= 0.3 is 5.97 Å². The Bertz CT molecular complexity index is 531. The van der Waals surface area contributed by atoms with Gasteiger partial charge in [-0.1, -0.05) is 13.8 Å². The Labute approximate surface area is 138 Å². The van der Waals surface area contributed by atoms with E-state index in [9.17, 15) is 9.59 Å². The first-order valence-corrected chi connectivity index (χ1v) is 7.68. The van der Waals surface area contributed by atoms with Gasteiger partial charge in [0.1, 0.15) is 12.4 Å². The number of carbonyl (C=O) groups is 2. The van der Waals surface area contributed by atoms with E-state index in [0.29, 0.717) is 19.6 Å². The molecule has 1 aliphatic carbocycles. The van der Waals surface area contributed by atoms with E-state index in [0.717, 1.165) is 12.0 Å². The molecule has 0 radical (unpaired) electrons. The van der Waals surface area contributed by atoms with E-state index in [1.165, 1.54) is 6.08 Å². The van der Waals surface area contributed by atoms with Crippen molar-refractivity contribution in [2.24, 2.45) is 22.1 Å². The van der Waals surface area contributed by atoms with Crippen LogP contribution < -0.4 is 5.73 Å². The molecule has 2 atom stereocenters. The van der Waals surface area contributed by atoms with Gasteiger partial charge in [-0.3, -0.25) is 9.59 Å². The average Bonchev–Trinajstić information content (AvgIpc) is 3.15. The third kappa shape index (κ3) is 6.12. The van der Waals surface area contributed by atoms with Crippen molar-refractivity contribution in [3.05, 3.63) is 24.0 Å². The summed E-state index contributed by atoms with van der Waals surface area (Å²) in [5, 5.41) is 0. The molecule has 2 N–H and O–H groups in total. The minimum Gasteiger partial charge on any atom is -0.464 e. The Balaban J connectivity index is 2.67. The van der Waals surface area contributed by atoms with Gasteiger partial charge in [-0.25, -0.2) is 0 Å². The van der Waals surface area contributed by atoms with Gasteiger partial charge < -0.3 is 19.9 Å². The van der Waals surface area contributed by atoms with Crippen LogP contribution in [-0.4, -0.2) is 43.4 Å². The van der Waals surface area contributed by atoms with Gasteiger partial charge in [0, 0.05) is 28.9 Å². The van der Waals surface area contributed by atoms with Crippen molar-refractivity contribution in [2.75, 3.05) is 20.3 Å². The van der Waals surface area contributed by atoms with Crippen molar-refractivity contribution in [1.29, 1.82) is 0 Å². The van der Waals surface area contributed by atoms with E-state index in [2.05, 4.69) is 14.5 Å². The van der Waals surface area contributed by atoms with Crippen LogP contribution in [0.3, 0.4) is 0 Å². The Kier molecular flexibility index (Phi) is 7.39. The number of nitrogens with two attached hydrogens (primary N) is 1. The molecule has 0 aromatic heterocycles. The molecule has 0 bridgehead atoms. The highest BCUT2D eigenvalue weighted by molar-refractivity contribution is 7.09. The Morgan fingerprint density at radius 2 is 2.22 bits per heavy atom. The average molecular weight is 341 g/mol. The summed E-state index contributed by atoms with van der Waals surface area (Å²) in [5.74, 6) is -0.238. The van der Waals surface area contributed by atoms with E-state index in [1.807, 2.05) is 13.2 Å². The highest BCUT2D eigenvalue weighted by atomic mass is 31.0. The second kappa shape index (κ2) is 8.79. The van der Waals surface area contributed by atoms with Crippen LogP contribution in [0, 0.1) is 11.3 Å². The smallest absolute Gasteiger partial charge is 0.308 e. The lowest BCUT2D eigenvalue weighted by molar-refractivity contribution is -0.149.